The SMILES string of the molecule is O=[N+]([O-])c1cc([C@H]2CC[C@H](c3ccc(Cl)c([N+](=O)[O-])c3)N2c2ccc(OC3COCOC3)cc2)ccc1Cl. The van der Waals surface area contributed by atoms with Crippen LogP contribution < -0.4 is 9.64 Å². The number of halogens is 2. The van der Waals surface area contributed by atoms with Crippen molar-refractivity contribution in [1.82, 2.24) is 0 Å². The summed E-state index contributed by atoms with van der Waals surface area (Å²) in [4.78, 5) is 24.2. The lowest BCUT2D eigenvalue weighted by molar-refractivity contribution is -0.384. The maximum atomic E-state index is 11.6. The van der Waals surface area contributed by atoms with E-state index in [-0.39, 0.29) is 46.4 Å². The van der Waals surface area contributed by atoms with Gasteiger partial charge in [0.1, 0.15) is 28.7 Å². The lowest BCUT2D eigenvalue weighted by Crippen LogP contribution is -2.33. The molecule has 0 N–H and O–H groups in total. The quantitative estimate of drug-likeness (QED) is 0.233. The molecule has 2 saturated heterocycles. The van der Waals surface area contributed by atoms with Crippen LogP contribution in [-0.4, -0.2) is 36.0 Å². The molecule has 5 rings (SSSR count). The van der Waals surface area contributed by atoms with E-state index in [0.29, 0.717) is 31.8 Å². The Kier molecular flexibility index (Phi) is 7.66. The number of hydrogen-bond acceptors (Lipinski definition) is 8. The number of hydrogen-bond donors (Lipinski definition) is 0. The third-order valence-corrected chi connectivity index (χ3v) is 7.34. The highest BCUT2D eigenvalue weighted by molar-refractivity contribution is 6.33. The monoisotopic (exact) mass is 559 g/mol. The second kappa shape index (κ2) is 11.1. The maximum Gasteiger partial charge on any atom is 0.288 e. The van der Waals surface area contributed by atoms with Crippen molar-refractivity contribution >= 4 is 40.3 Å². The standard InChI is InChI=1S/C26H23Cl2N3O7/c27-21-7-1-16(11-25(21)30(32)33)23-9-10-24(17-2-8-22(28)26(12-17)31(34)35)29(23)18-3-5-19(6-4-18)38-20-13-36-15-37-14-20/h1-8,11-12,20,23-24H,9-10,13-15H2/t23-,24-/m1/s1. The Balaban J connectivity index is 1.51. The molecule has 0 bridgehead atoms. The zero-order chi connectivity index (χ0) is 26.8. The molecule has 2 aliphatic heterocycles. The molecule has 0 spiro atoms. The fourth-order valence-electron chi connectivity index (χ4n) is 5.00. The minimum atomic E-state index is -0.504. The zero-order valence-corrected chi connectivity index (χ0v) is 21.5. The normalized spacial score (nSPS) is 19.9. The van der Waals surface area contributed by atoms with Crippen LogP contribution in [0.15, 0.2) is 60.7 Å². The van der Waals surface area contributed by atoms with Gasteiger partial charge in [-0.15, -0.1) is 0 Å². The van der Waals surface area contributed by atoms with Gasteiger partial charge in [0.15, 0.2) is 0 Å². The van der Waals surface area contributed by atoms with Gasteiger partial charge in [0.25, 0.3) is 11.4 Å². The average Bonchev–Trinajstić information content (AvgIpc) is 3.35. The molecule has 2 fully saturated rings. The Bertz CT molecular complexity index is 1280. The summed E-state index contributed by atoms with van der Waals surface area (Å²) in [6.45, 7) is 1.12. The van der Waals surface area contributed by atoms with Crippen molar-refractivity contribution in [1.29, 1.82) is 0 Å². The van der Waals surface area contributed by atoms with Crippen LogP contribution in [0, 0.1) is 20.2 Å². The highest BCUT2D eigenvalue weighted by Crippen LogP contribution is 2.48. The number of nitro benzene ring substituents is 2. The topological polar surface area (TPSA) is 117 Å². The van der Waals surface area contributed by atoms with Crippen LogP contribution in [-0.2, 0) is 9.47 Å². The fourth-order valence-corrected chi connectivity index (χ4v) is 5.38. The summed E-state index contributed by atoms with van der Waals surface area (Å²) < 4.78 is 16.5. The van der Waals surface area contributed by atoms with Gasteiger partial charge >= 0.3 is 0 Å². The lowest BCUT2D eigenvalue weighted by atomic mass is 10.0. The van der Waals surface area contributed by atoms with E-state index in [1.807, 2.05) is 24.3 Å². The van der Waals surface area contributed by atoms with Crippen LogP contribution >= 0.6 is 23.2 Å². The van der Waals surface area contributed by atoms with Crippen molar-refractivity contribution in [2.75, 3.05) is 24.9 Å². The molecule has 38 heavy (non-hydrogen) atoms. The largest absolute Gasteiger partial charge is 0.486 e. The van der Waals surface area contributed by atoms with Gasteiger partial charge < -0.3 is 19.1 Å². The van der Waals surface area contributed by atoms with Crippen molar-refractivity contribution in [3.63, 3.8) is 0 Å². The van der Waals surface area contributed by atoms with Crippen molar-refractivity contribution in [2.45, 2.75) is 31.0 Å². The second-order valence-corrected chi connectivity index (χ2v) is 9.86. The number of nitrogens with zero attached hydrogens (tertiary/aromatic N) is 3. The molecular formula is C26H23Cl2N3O7. The molecule has 0 radical (unpaired) electrons. The first-order chi connectivity index (χ1) is 18.3. The Labute approximate surface area is 227 Å². The minimum absolute atomic E-state index is 0.0605. The van der Waals surface area contributed by atoms with Gasteiger partial charge in [0, 0.05) is 17.8 Å². The first-order valence-electron chi connectivity index (χ1n) is 11.9. The van der Waals surface area contributed by atoms with Gasteiger partial charge in [-0.2, -0.15) is 0 Å². The molecule has 12 heteroatoms. The van der Waals surface area contributed by atoms with Crippen LogP contribution in [0.2, 0.25) is 10.0 Å². The molecular weight excluding hydrogens is 537 g/mol. The van der Waals surface area contributed by atoms with Crippen molar-refractivity contribution in [3.05, 3.63) is 102 Å². The van der Waals surface area contributed by atoms with E-state index in [1.165, 1.54) is 24.3 Å². The molecule has 3 aromatic rings. The summed E-state index contributed by atoms with van der Waals surface area (Å²) in [5.74, 6) is 0.643. The summed E-state index contributed by atoms with van der Waals surface area (Å²) in [6.07, 6.45) is 1.11. The molecule has 0 aliphatic carbocycles. The maximum absolute atomic E-state index is 11.6. The molecule has 0 unspecified atom stereocenters. The van der Waals surface area contributed by atoms with E-state index in [2.05, 4.69) is 4.90 Å². The number of ether oxygens (including phenoxy) is 3. The van der Waals surface area contributed by atoms with Gasteiger partial charge in [-0.25, -0.2) is 0 Å². The molecule has 2 atom stereocenters. The van der Waals surface area contributed by atoms with Crippen molar-refractivity contribution < 1.29 is 24.1 Å². The summed E-state index contributed by atoms with van der Waals surface area (Å²) in [5, 5.41) is 23.2. The van der Waals surface area contributed by atoms with E-state index in [0.717, 1.165) is 16.8 Å². The van der Waals surface area contributed by atoms with E-state index in [4.69, 9.17) is 37.4 Å². The van der Waals surface area contributed by atoms with Crippen LogP contribution in [0.1, 0.15) is 36.1 Å². The third-order valence-electron chi connectivity index (χ3n) is 6.70. The lowest BCUT2D eigenvalue weighted by Gasteiger charge is -2.33. The number of benzene rings is 3. The Morgan fingerprint density at radius 3 is 1.76 bits per heavy atom. The molecule has 2 aliphatic rings. The highest BCUT2D eigenvalue weighted by atomic mass is 35.5. The van der Waals surface area contributed by atoms with Gasteiger partial charge in [0.2, 0.25) is 0 Å². The van der Waals surface area contributed by atoms with Gasteiger partial charge in [-0.1, -0.05) is 35.3 Å². The molecule has 0 amide bonds. The molecule has 0 saturated carbocycles. The first-order valence-corrected chi connectivity index (χ1v) is 12.7. The number of nitro groups is 2. The smallest absolute Gasteiger partial charge is 0.288 e. The second-order valence-electron chi connectivity index (χ2n) is 9.05. The summed E-state index contributed by atoms with van der Waals surface area (Å²) in [6, 6.07) is 16.6. The van der Waals surface area contributed by atoms with Crippen molar-refractivity contribution in [2.24, 2.45) is 0 Å². The third kappa shape index (κ3) is 5.39. The zero-order valence-electron chi connectivity index (χ0n) is 20.0. The summed E-state index contributed by atoms with van der Waals surface area (Å²) in [5.41, 5.74) is 1.94. The van der Waals surface area contributed by atoms with Gasteiger partial charge in [-0.3, -0.25) is 20.2 Å². The van der Waals surface area contributed by atoms with Crippen LogP contribution in [0.3, 0.4) is 0 Å². The molecule has 3 aromatic carbocycles. The predicted octanol–water partition coefficient (Wildman–Crippen LogP) is 6.64. The van der Waals surface area contributed by atoms with Crippen molar-refractivity contribution in [3.8, 4) is 5.75 Å². The minimum Gasteiger partial charge on any atom is -0.486 e. The fraction of sp³-hybridized carbons (Fsp3) is 0.308. The van der Waals surface area contributed by atoms with Crippen LogP contribution in [0.5, 0.6) is 5.75 Å². The van der Waals surface area contributed by atoms with E-state index in [9.17, 15) is 20.2 Å². The Morgan fingerprint density at radius 2 is 1.29 bits per heavy atom. The molecule has 10 nitrogen and oxygen atoms in total. The van der Waals surface area contributed by atoms with E-state index < -0.39 is 9.85 Å². The number of anilines is 1. The van der Waals surface area contributed by atoms with E-state index in [1.54, 1.807) is 12.1 Å². The van der Waals surface area contributed by atoms with Crippen LogP contribution in [0.25, 0.3) is 0 Å². The summed E-state index contributed by atoms with van der Waals surface area (Å²) >= 11 is 12.1. The average molecular weight is 560 g/mol. The number of rotatable bonds is 7. The molecule has 198 valence electrons. The molecule has 0 aromatic heterocycles. The van der Waals surface area contributed by atoms with Crippen LogP contribution in [0.4, 0.5) is 17.1 Å². The van der Waals surface area contributed by atoms with E-state index >= 15 is 0 Å². The Morgan fingerprint density at radius 1 is 0.789 bits per heavy atom. The van der Waals surface area contributed by atoms with Gasteiger partial charge in [0.05, 0.1) is 35.1 Å². The predicted molar refractivity (Wildman–Crippen MR) is 141 cm³/mol. The highest BCUT2D eigenvalue weighted by Gasteiger charge is 2.37. The Hall–Kier alpha value is -3.44. The molecule has 2 heterocycles. The first kappa shape index (κ1) is 26.2. The summed E-state index contributed by atoms with van der Waals surface area (Å²) in [7, 11) is 0. The van der Waals surface area contributed by atoms with Gasteiger partial charge in [-0.05, 0) is 60.4 Å².